The van der Waals surface area contributed by atoms with Crippen LogP contribution in [0.2, 0.25) is 0 Å². The third-order valence-electron chi connectivity index (χ3n) is 1.99. The van der Waals surface area contributed by atoms with Crippen LogP contribution in [-0.4, -0.2) is 28.3 Å². The van der Waals surface area contributed by atoms with Crippen molar-refractivity contribution >= 4 is 17.6 Å². The van der Waals surface area contributed by atoms with Crippen LogP contribution in [0.4, 0.5) is 18.9 Å². The van der Waals surface area contributed by atoms with E-state index in [1.54, 1.807) is 0 Å². The van der Waals surface area contributed by atoms with Crippen molar-refractivity contribution in [3.8, 4) is 0 Å². The van der Waals surface area contributed by atoms with E-state index in [9.17, 15) is 22.8 Å². The van der Waals surface area contributed by atoms with Crippen LogP contribution in [0.15, 0.2) is 24.3 Å². The first-order chi connectivity index (χ1) is 8.21. The van der Waals surface area contributed by atoms with Gasteiger partial charge in [-0.05, 0) is 17.7 Å². The van der Waals surface area contributed by atoms with Crippen molar-refractivity contribution in [3.05, 3.63) is 29.8 Å². The molecule has 1 rings (SSSR count). The molecule has 1 unspecified atom stereocenters. The molecule has 1 atom stereocenters. The maximum atomic E-state index is 12.2. The molecule has 5 nitrogen and oxygen atoms in total. The Morgan fingerprint density at radius 3 is 2.06 bits per heavy atom. The number of anilines is 1. The largest absolute Gasteiger partial charge is 0.474 e. The molecule has 8 heteroatoms. The summed E-state index contributed by atoms with van der Waals surface area (Å²) >= 11 is 0. The number of nitrogens with one attached hydrogen (secondary N) is 1. The van der Waals surface area contributed by atoms with Gasteiger partial charge in [0, 0.05) is 5.69 Å². The molecule has 0 aliphatic rings. The van der Waals surface area contributed by atoms with Crippen molar-refractivity contribution in [2.75, 3.05) is 5.32 Å². The number of rotatable bonds is 2. The number of benzene rings is 1. The van der Waals surface area contributed by atoms with Crippen molar-refractivity contribution < 1.29 is 33.0 Å². The molecule has 0 fully saturated rings. The van der Waals surface area contributed by atoms with E-state index in [4.69, 9.17) is 10.2 Å². The van der Waals surface area contributed by atoms with Gasteiger partial charge in [-0.2, -0.15) is 13.2 Å². The fraction of sp³-hybridized carbons (Fsp3) is 0.200. The highest BCUT2D eigenvalue weighted by molar-refractivity contribution is 6.36. The maximum absolute atomic E-state index is 12.2. The fourth-order valence-electron chi connectivity index (χ4n) is 1.12. The molecule has 0 heterocycles. The highest BCUT2D eigenvalue weighted by Gasteiger charge is 2.39. The van der Waals surface area contributed by atoms with Gasteiger partial charge < -0.3 is 15.5 Å². The SMILES string of the molecule is O=C(O)C(=O)Nc1ccc(C(O)C(F)(F)F)cc1. The van der Waals surface area contributed by atoms with Crippen LogP contribution in [0.3, 0.4) is 0 Å². The number of carboxylic acid groups (broad SMARTS) is 1. The lowest BCUT2D eigenvalue weighted by atomic mass is 10.1. The first kappa shape index (κ1) is 14.0. The number of halogens is 3. The summed E-state index contributed by atoms with van der Waals surface area (Å²) in [5.41, 5.74) is -0.392. The van der Waals surface area contributed by atoms with Gasteiger partial charge in [0.15, 0.2) is 6.10 Å². The first-order valence-electron chi connectivity index (χ1n) is 4.61. The number of hydrogen-bond donors (Lipinski definition) is 3. The number of carboxylic acids is 1. The first-order valence-corrected chi connectivity index (χ1v) is 4.61. The number of aliphatic carboxylic acids is 1. The lowest BCUT2D eigenvalue weighted by molar-refractivity contribution is -0.206. The summed E-state index contributed by atoms with van der Waals surface area (Å²) in [4.78, 5) is 21.0. The Labute approximate surface area is 98.8 Å². The summed E-state index contributed by atoms with van der Waals surface area (Å²) < 4.78 is 36.5. The molecule has 1 amide bonds. The number of alkyl halides is 3. The molecule has 0 spiro atoms. The Hall–Kier alpha value is -2.09. The average molecular weight is 263 g/mol. The molecule has 18 heavy (non-hydrogen) atoms. The lowest BCUT2D eigenvalue weighted by Crippen LogP contribution is -2.22. The molecule has 1 aromatic rings. The van der Waals surface area contributed by atoms with Crippen molar-refractivity contribution in [2.24, 2.45) is 0 Å². The highest BCUT2D eigenvalue weighted by Crippen LogP contribution is 2.32. The Kier molecular flexibility index (Phi) is 3.92. The van der Waals surface area contributed by atoms with Gasteiger partial charge in [-0.1, -0.05) is 12.1 Å². The van der Waals surface area contributed by atoms with Gasteiger partial charge in [-0.15, -0.1) is 0 Å². The summed E-state index contributed by atoms with van der Waals surface area (Å²) in [5.74, 6) is -3.02. The second-order valence-corrected chi connectivity index (χ2v) is 3.33. The van der Waals surface area contributed by atoms with Gasteiger partial charge in [0.25, 0.3) is 0 Å². The highest BCUT2D eigenvalue weighted by atomic mass is 19.4. The molecular weight excluding hydrogens is 255 g/mol. The molecule has 0 aliphatic heterocycles. The topological polar surface area (TPSA) is 86.6 Å². The number of hydrogen-bond acceptors (Lipinski definition) is 3. The maximum Gasteiger partial charge on any atom is 0.418 e. The van der Waals surface area contributed by atoms with Crippen LogP contribution in [0.1, 0.15) is 11.7 Å². The van der Waals surface area contributed by atoms with Gasteiger partial charge in [0.05, 0.1) is 0 Å². The van der Waals surface area contributed by atoms with E-state index in [0.717, 1.165) is 24.3 Å². The molecule has 1 aromatic carbocycles. The number of aliphatic hydroxyl groups excluding tert-OH is 1. The van der Waals surface area contributed by atoms with Crippen LogP contribution in [0, 0.1) is 0 Å². The zero-order valence-corrected chi connectivity index (χ0v) is 8.73. The van der Waals surface area contributed by atoms with Gasteiger partial charge in [0.2, 0.25) is 0 Å². The zero-order chi connectivity index (χ0) is 13.9. The van der Waals surface area contributed by atoms with E-state index in [-0.39, 0.29) is 5.69 Å². The Morgan fingerprint density at radius 2 is 1.67 bits per heavy atom. The standard InChI is InChI=1S/C10H8F3NO4/c11-10(12,13)7(15)5-1-3-6(4-2-5)14-8(16)9(17)18/h1-4,7,15H,(H,14,16)(H,17,18). The van der Waals surface area contributed by atoms with Crippen LogP contribution in [-0.2, 0) is 9.59 Å². The predicted octanol–water partition coefficient (Wildman–Crippen LogP) is 1.31. The summed E-state index contributed by atoms with van der Waals surface area (Å²) in [6, 6.07) is 4.00. The van der Waals surface area contributed by atoms with Crippen LogP contribution in [0.5, 0.6) is 0 Å². The predicted molar refractivity (Wildman–Crippen MR) is 53.7 cm³/mol. The Morgan fingerprint density at radius 1 is 1.17 bits per heavy atom. The van der Waals surface area contributed by atoms with E-state index in [0.29, 0.717) is 0 Å². The van der Waals surface area contributed by atoms with E-state index in [1.165, 1.54) is 0 Å². The van der Waals surface area contributed by atoms with Crippen molar-refractivity contribution in [3.63, 3.8) is 0 Å². The van der Waals surface area contributed by atoms with Gasteiger partial charge in [0.1, 0.15) is 0 Å². The molecule has 0 bridgehead atoms. The van der Waals surface area contributed by atoms with Crippen molar-refractivity contribution in [2.45, 2.75) is 12.3 Å². The number of carbonyl (C=O) groups excluding carboxylic acids is 1. The van der Waals surface area contributed by atoms with Crippen LogP contribution in [0.25, 0.3) is 0 Å². The third kappa shape index (κ3) is 3.45. The summed E-state index contributed by atoms with van der Waals surface area (Å²) in [7, 11) is 0. The third-order valence-corrected chi connectivity index (χ3v) is 1.99. The number of carbonyl (C=O) groups is 2. The normalized spacial score (nSPS) is 12.9. The molecule has 0 aromatic heterocycles. The Bertz CT molecular complexity index is 455. The van der Waals surface area contributed by atoms with E-state index >= 15 is 0 Å². The molecular formula is C10H8F3NO4. The monoisotopic (exact) mass is 263 g/mol. The molecule has 0 saturated heterocycles. The second-order valence-electron chi connectivity index (χ2n) is 3.33. The van der Waals surface area contributed by atoms with E-state index in [1.807, 2.05) is 5.32 Å². The molecule has 0 aliphatic carbocycles. The van der Waals surface area contributed by atoms with Crippen LogP contribution < -0.4 is 5.32 Å². The smallest absolute Gasteiger partial charge is 0.418 e. The summed E-state index contributed by atoms with van der Waals surface area (Å²) in [6.45, 7) is 0. The second kappa shape index (κ2) is 5.05. The van der Waals surface area contributed by atoms with Gasteiger partial charge in [-0.25, -0.2) is 4.79 Å². The minimum Gasteiger partial charge on any atom is -0.474 e. The van der Waals surface area contributed by atoms with Crippen molar-refractivity contribution in [1.29, 1.82) is 0 Å². The minimum atomic E-state index is -4.79. The molecule has 3 N–H and O–H groups in total. The fourth-order valence-corrected chi connectivity index (χ4v) is 1.12. The molecule has 0 radical (unpaired) electrons. The average Bonchev–Trinajstić information content (AvgIpc) is 2.27. The lowest BCUT2D eigenvalue weighted by Gasteiger charge is -2.14. The van der Waals surface area contributed by atoms with Crippen molar-refractivity contribution in [1.82, 2.24) is 0 Å². The Balaban J connectivity index is 2.81. The van der Waals surface area contributed by atoms with Gasteiger partial charge >= 0.3 is 18.1 Å². The van der Waals surface area contributed by atoms with Crippen LogP contribution >= 0.6 is 0 Å². The minimum absolute atomic E-state index is 0.0144. The van der Waals surface area contributed by atoms with Gasteiger partial charge in [-0.3, -0.25) is 4.79 Å². The molecule has 98 valence electrons. The molecule has 0 saturated carbocycles. The quantitative estimate of drug-likeness (QED) is 0.702. The van der Waals surface area contributed by atoms with E-state index < -0.39 is 29.7 Å². The number of amides is 1. The number of aliphatic hydroxyl groups is 1. The zero-order valence-electron chi connectivity index (χ0n) is 8.73. The summed E-state index contributed by atoms with van der Waals surface area (Å²) in [5, 5.41) is 19.1. The summed E-state index contributed by atoms with van der Waals surface area (Å²) in [6.07, 6.45) is -7.41. The van der Waals surface area contributed by atoms with E-state index in [2.05, 4.69) is 0 Å².